The number of para-hydroxylation sites is 1. The maximum absolute atomic E-state index is 14.3. The largest absolute Gasteiger partial charge is 0.489 e. The number of thiocarbonyl (C=S) groups is 1. The fraction of sp³-hybridized carbons (Fsp3) is 0.400. The molecule has 1 aliphatic heterocycles. The quantitative estimate of drug-likeness (QED) is 0.350. The molecule has 0 fully saturated rings. The van der Waals surface area contributed by atoms with Gasteiger partial charge in [0.1, 0.15) is 24.0 Å². The molecular weight excluding hydrogens is 509 g/mol. The molecule has 3 rings (SSSR count). The fourth-order valence-corrected chi connectivity index (χ4v) is 3.68. The van der Waals surface area contributed by atoms with Gasteiger partial charge < -0.3 is 30.2 Å². The third kappa shape index (κ3) is 7.80. The van der Waals surface area contributed by atoms with Crippen LogP contribution in [0, 0.1) is 5.82 Å². The smallest absolute Gasteiger partial charge is 0.272 e. The van der Waals surface area contributed by atoms with Gasteiger partial charge in [-0.3, -0.25) is 9.78 Å². The molecule has 0 radical (unpaired) electrons. The topological polar surface area (TPSA) is 93.7 Å². The van der Waals surface area contributed by atoms with Crippen LogP contribution in [-0.4, -0.2) is 54.8 Å². The van der Waals surface area contributed by atoms with E-state index in [-0.39, 0.29) is 16.2 Å². The summed E-state index contributed by atoms with van der Waals surface area (Å²) in [6.45, 7) is 3.80. The maximum atomic E-state index is 14.3. The van der Waals surface area contributed by atoms with E-state index in [0.717, 1.165) is 11.6 Å². The number of ether oxygens (including phenoxy) is 3. The number of anilines is 1. The van der Waals surface area contributed by atoms with E-state index >= 15 is 0 Å². The summed E-state index contributed by atoms with van der Waals surface area (Å²) < 4.78 is 55.8. The standard InChI is InChI=1S/C25H29F3N4O4S/c1-25(2,34-3)14-36-19-12-29-9-7-15(19)11-31-17-8-10-30-23(33)21(17)24(37)32-18-6-4-5-16(26)22(18)35-13-20(27)28/h4-7,9,12,20,31H,8,10-11,13-14H2,1-3H3,(H,30,33)(H,32,37). The van der Waals surface area contributed by atoms with Gasteiger partial charge in [-0.15, -0.1) is 0 Å². The van der Waals surface area contributed by atoms with Crippen LogP contribution in [0.15, 0.2) is 47.9 Å². The molecule has 0 bridgehead atoms. The Morgan fingerprint density at radius 1 is 1.27 bits per heavy atom. The number of pyridine rings is 1. The Hall–Kier alpha value is -3.38. The summed E-state index contributed by atoms with van der Waals surface area (Å²) in [5.74, 6) is -1.11. The molecule has 1 amide bonds. The summed E-state index contributed by atoms with van der Waals surface area (Å²) in [6.07, 6.45) is 0.900. The highest BCUT2D eigenvalue weighted by Crippen LogP contribution is 2.29. The Kier molecular flexibility index (Phi) is 9.70. The highest BCUT2D eigenvalue weighted by atomic mass is 32.1. The van der Waals surface area contributed by atoms with Crippen molar-refractivity contribution in [3.8, 4) is 11.5 Å². The number of nitrogens with zero attached hydrogens (tertiary/aromatic N) is 1. The van der Waals surface area contributed by atoms with Gasteiger partial charge in [-0.05, 0) is 32.0 Å². The number of hydrogen-bond donors (Lipinski definition) is 3. The van der Waals surface area contributed by atoms with Crippen molar-refractivity contribution in [3.63, 3.8) is 0 Å². The molecule has 0 aliphatic carbocycles. The Morgan fingerprint density at radius 3 is 2.78 bits per heavy atom. The number of aromatic nitrogens is 1. The van der Waals surface area contributed by atoms with Crippen molar-refractivity contribution in [2.75, 3.05) is 32.2 Å². The molecule has 0 atom stereocenters. The van der Waals surface area contributed by atoms with E-state index in [2.05, 4.69) is 20.9 Å². The van der Waals surface area contributed by atoms with Crippen molar-refractivity contribution < 1.29 is 32.2 Å². The average molecular weight is 539 g/mol. The van der Waals surface area contributed by atoms with Crippen LogP contribution in [0.25, 0.3) is 0 Å². The number of alkyl halides is 2. The fourth-order valence-electron chi connectivity index (χ4n) is 3.35. The second kappa shape index (κ2) is 12.7. The van der Waals surface area contributed by atoms with E-state index < -0.39 is 36.1 Å². The maximum Gasteiger partial charge on any atom is 0.272 e. The minimum absolute atomic E-state index is 0.0137. The van der Waals surface area contributed by atoms with E-state index in [1.807, 2.05) is 13.8 Å². The van der Waals surface area contributed by atoms with Gasteiger partial charge in [0.2, 0.25) is 0 Å². The second-order valence-corrected chi connectivity index (χ2v) is 9.13. The summed E-state index contributed by atoms with van der Waals surface area (Å²) in [7, 11) is 1.60. The predicted octanol–water partition coefficient (Wildman–Crippen LogP) is 3.97. The number of benzene rings is 1. The predicted molar refractivity (Wildman–Crippen MR) is 136 cm³/mol. The molecule has 1 aromatic carbocycles. The Labute approximate surface area is 218 Å². The molecule has 200 valence electrons. The molecule has 0 spiro atoms. The van der Waals surface area contributed by atoms with Gasteiger partial charge in [-0.2, -0.15) is 0 Å². The van der Waals surface area contributed by atoms with Crippen LogP contribution < -0.4 is 25.4 Å². The first-order valence-electron chi connectivity index (χ1n) is 11.5. The van der Waals surface area contributed by atoms with E-state index in [4.69, 9.17) is 26.4 Å². The van der Waals surface area contributed by atoms with Crippen molar-refractivity contribution in [2.24, 2.45) is 0 Å². The van der Waals surface area contributed by atoms with Crippen molar-refractivity contribution in [2.45, 2.75) is 38.8 Å². The first-order chi connectivity index (χ1) is 17.6. The van der Waals surface area contributed by atoms with E-state index in [1.54, 1.807) is 25.6 Å². The molecule has 0 unspecified atom stereocenters. The number of halogens is 3. The number of carbonyl (C=O) groups excluding carboxylic acids is 1. The van der Waals surface area contributed by atoms with Gasteiger partial charge in [0.25, 0.3) is 12.3 Å². The summed E-state index contributed by atoms with van der Waals surface area (Å²) in [6, 6.07) is 5.67. The van der Waals surface area contributed by atoms with Crippen LogP contribution in [-0.2, 0) is 16.1 Å². The highest BCUT2D eigenvalue weighted by Gasteiger charge is 2.26. The lowest BCUT2D eigenvalue weighted by atomic mass is 10.1. The molecule has 0 saturated heterocycles. The lowest BCUT2D eigenvalue weighted by molar-refractivity contribution is -0.117. The zero-order valence-corrected chi connectivity index (χ0v) is 21.5. The normalized spacial score (nSPS) is 13.9. The molecular formula is C25H29F3N4O4S. The SMILES string of the molecule is COC(C)(C)COc1cnccc1CNC1=C(C(=S)Nc2cccc(F)c2OCC(F)F)C(=O)NCC1. The van der Waals surface area contributed by atoms with Crippen LogP contribution in [0.1, 0.15) is 25.8 Å². The van der Waals surface area contributed by atoms with Crippen LogP contribution in [0.4, 0.5) is 18.9 Å². The third-order valence-corrected chi connectivity index (χ3v) is 5.78. The van der Waals surface area contributed by atoms with Gasteiger partial charge in [0, 0.05) is 44.1 Å². The molecule has 1 aromatic heterocycles. The lowest BCUT2D eigenvalue weighted by Crippen LogP contribution is -2.39. The molecule has 1 aliphatic rings. The minimum Gasteiger partial charge on any atom is -0.489 e. The van der Waals surface area contributed by atoms with Crippen LogP contribution in [0.3, 0.4) is 0 Å². The van der Waals surface area contributed by atoms with Gasteiger partial charge in [0.15, 0.2) is 11.6 Å². The van der Waals surface area contributed by atoms with Crippen LogP contribution >= 0.6 is 12.2 Å². The zero-order chi connectivity index (χ0) is 27.0. The Balaban J connectivity index is 1.80. The summed E-state index contributed by atoms with van der Waals surface area (Å²) >= 11 is 5.46. The van der Waals surface area contributed by atoms with E-state index in [1.165, 1.54) is 12.1 Å². The number of methoxy groups -OCH3 is 1. The molecule has 0 saturated carbocycles. The van der Waals surface area contributed by atoms with Crippen LogP contribution in [0.2, 0.25) is 0 Å². The summed E-state index contributed by atoms with van der Waals surface area (Å²) in [5.41, 5.74) is 1.05. The number of carbonyl (C=O) groups is 1. The number of nitrogens with one attached hydrogen (secondary N) is 3. The van der Waals surface area contributed by atoms with Crippen molar-refractivity contribution >= 4 is 28.8 Å². The molecule has 3 N–H and O–H groups in total. The molecule has 2 heterocycles. The lowest BCUT2D eigenvalue weighted by Gasteiger charge is -2.25. The van der Waals surface area contributed by atoms with E-state index in [0.29, 0.717) is 37.6 Å². The third-order valence-electron chi connectivity index (χ3n) is 5.48. The molecule has 37 heavy (non-hydrogen) atoms. The summed E-state index contributed by atoms with van der Waals surface area (Å²) in [5, 5.41) is 8.75. The second-order valence-electron chi connectivity index (χ2n) is 8.72. The van der Waals surface area contributed by atoms with Crippen molar-refractivity contribution in [3.05, 3.63) is 59.3 Å². The molecule has 8 nitrogen and oxygen atoms in total. The van der Waals surface area contributed by atoms with Gasteiger partial charge in [-0.25, -0.2) is 13.2 Å². The first kappa shape index (κ1) is 28.2. The zero-order valence-electron chi connectivity index (χ0n) is 20.7. The van der Waals surface area contributed by atoms with Gasteiger partial charge in [-0.1, -0.05) is 18.3 Å². The van der Waals surface area contributed by atoms with Crippen LogP contribution in [0.5, 0.6) is 11.5 Å². The van der Waals surface area contributed by atoms with Crippen molar-refractivity contribution in [1.82, 2.24) is 15.6 Å². The Morgan fingerprint density at radius 2 is 2.05 bits per heavy atom. The van der Waals surface area contributed by atoms with Crippen molar-refractivity contribution in [1.29, 1.82) is 0 Å². The average Bonchev–Trinajstić information content (AvgIpc) is 2.86. The monoisotopic (exact) mass is 538 g/mol. The number of hydrogen-bond acceptors (Lipinski definition) is 7. The van der Waals surface area contributed by atoms with Gasteiger partial charge >= 0.3 is 0 Å². The number of rotatable bonds is 12. The number of amides is 1. The first-order valence-corrected chi connectivity index (χ1v) is 11.9. The molecule has 12 heteroatoms. The molecule has 2 aromatic rings. The Bertz CT molecular complexity index is 1160. The minimum atomic E-state index is -2.79. The summed E-state index contributed by atoms with van der Waals surface area (Å²) in [4.78, 5) is 16.8. The highest BCUT2D eigenvalue weighted by molar-refractivity contribution is 7.81. The van der Waals surface area contributed by atoms with E-state index in [9.17, 15) is 18.0 Å². The van der Waals surface area contributed by atoms with Gasteiger partial charge in [0.05, 0.1) is 23.1 Å².